The molecule has 0 aliphatic heterocycles. The van der Waals surface area contributed by atoms with E-state index in [1.54, 1.807) is 0 Å². The van der Waals surface area contributed by atoms with Crippen LogP contribution >= 0.6 is 0 Å². The first kappa shape index (κ1) is 39.5. The third-order valence-corrected chi connectivity index (χ3v) is 7.62. The molecule has 0 aromatic heterocycles. The molecule has 4 rings (SSSR count). The van der Waals surface area contributed by atoms with Crippen LogP contribution in [0.25, 0.3) is 0 Å². The first-order valence-electron chi connectivity index (χ1n) is 14.5. The molecule has 278 valence electrons. The SMILES string of the molecule is O=C(O)CCc1ccc(CC(NC(=O)c2ccc(F)c(C(F)(F)F)c2)(c2cc(F)cc(OC(F)(F)C(F)F)c2)c2ccc(F)c(C(F)(F)F)c2)cc1. The Morgan fingerprint density at radius 2 is 1.25 bits per heavy atom. The van der Waals surface area contributed by atoms with E-state index in [2.05, 4.69) is 10.1 Å². The number of aliphatic carboxylic acids is 1. The molecule has 1 amide bonds. The van der Waals surface area contributed by atoms with Crippen molar-refractivity contribution >= 4 is 11.9 Å². The maximum Gasteiger partial charge on any atom is 0.461 e. The van der Waals surface area contributed by atoms with Gasteiger partial charge in [-0.2, -0.15) is 43.9 Å². The van der Waals surface area contributed by atoms with E-state index in [-0.39, 0.29) is 48.7 Å². The zero-order valence-corrected chi connectivity index (χ0v) is 25.8. The Hall–Kier alpha value is -5.29. The second kappa shape index (κ2) is 14.7. The molecule has 0 heterocycles. The van der Waals surface area contributed by atoms with Crippen LogP contribution in [-0.4, -0.2) is 29.5 Å². The highest BCUT2D eigenvalue weighted by Crippen LogP contribution is 2.41. The van der Waals surface area contributed by atoms with E-state index in [9.17, 15) is 62.3 Å². The first-order valence-corrected chi connectivity index (χ1v) is 14.5. The minimum atomic E-state index is -5.43. The smallest absolute Gasteiger partial charge is 0.461 e. The molecule has 0 spiro atoms. The van der Waals surface area contributed by atoms with Gasteiger partial charge >= 0.3 is 30.9 Å². The van der Waals surface area contributed by atoms with Gasteiger partial charge in [-0.05, 0) is 71.1 Å². The summed E-state index contributed by atoms with van der Waals surface area (Å²) in [6, 6.07) is 8.18. The van der Waals surface area contributed by atoms with E-state index in [0.29, 0.717) is 29.8 Å². The van der Waals surface area contributed by atoms with E-state index < -0.39 is 99.7 Å². The lowest BCUT2D eigenvalue weighted by molar-refractivity contribution is -0.253. The minimum Gasteiger partial charge on any atom is -0.481 e. The van der Waals surface area contributed by atoms with Crippen LogP contribution in [0.15, 0.2) is 78.9 Å². The zero-order valence-electron chi connectivity index (χ0n) is 25.8. The molecule has 0 saturated heterocycles. The van der Waals surface area contributed by atoms with Crippen LogP contribution in [0, 0.1) is 17.5 Å². The van der Waals surface area contributed by atoms with Gasteiger partial charge < -0.3 is 15.2 Å². The van der Waals surface area contributed by atoms with Gasteiger partial charge in [0.2, 0.25) is 0 Å². The van der Waals surface area contributed by atoms with Crippen molar-refractivity contribution in [3.8, 4) is 5.75 Å². The normalized spacial score (nSPS) is 13.5. The van der Waals surface area contributed by atoms with Crippen LogP contribution < -0.4 is 10.1 Å². The second-order valence-electron chi connectivity index (χ2n) is 11.3. The molecule has 2 N–H and O–H groups in total. The number of nitrogens with one attached hydrogen (secondary N) is 1. The summed E-state index contributed by atoms with van der Waals surface area (Å²) in [5.74, 6) is -9.32. The molecule has 5 nitrogen and oxygen atoms in total. The van der Waals surface area contributed by atoms with Crippen molar-refractivity contribution in [1.29, 1.82) is 0 Å². The van der Waals surface area contributed by atoms with Crippen LogP contribution in [0.1, 0.15) is 50.2 Å². The number of carboxylic acids is 1. The van der Waals surface area contributed by atoms with Gasteiger partial charge in [-0.3, -0.25) is 9.59 Å². The highest BCUT2D eigenvalue weighted by molar-refractivity contribution is 5.95. The molecule has 52 heavy (non-hydrogen) atoms. The van der Waals surface area contributed by atoms with Crippen LogP contribution in [0.3, 0.4) is 0 Å². The Bertz CT molecular complexity index is 1940. The van der Waals surface area contributed by atoms with Crippen molar-refractivity contribution in [2.75, 3.05) is 0 Å². The molecule has 0 aliphatic carbocycles. The van der Waals surface area contributed by atoms with E-state index in [1.807, 2.05) is 0 Å². The number of ether oxygens (including phenoxy) is 1. The van der Waals surface area contributed by atoms with Gasteiger partial charge in [0.25, 0.3) is 5.91 Å². The molecular formula is C34H22F13NO4. The summed E-state index contributed by atoms with van der Waals surface area (Å²) in [7, 11) is 0. The van der Waals surface area contributed by atoms with Crippen LogP contribution in [0.5, 0.6) is 5.75 Å². The van der Waals surface area contributed by atoms with Gasteiger partial charge in [-0.25, -0.2) is 13.2 Å². The highest BCUT2D eigenvalue weighted by atomic mass is 19.4. The monoisotopic (exact) mass is 755 g/mol. The lowest BCUT2D eigenvalue weighted by atomic mass is 9.76. The molecular weight excluding hydrogens is 733 g/mol. The third-order valence-electron chi connectivity index (χ3n) is 7.62. The van der Waals surface area contributed by atoms with Crippen molar-refractivity contribution in [2.24, 2.45) is 0 Å². The maximum atomic E-state index is 15.1. The highest BCUT2D eigenvalue weighted by Gasteiger charge is 2.46. The molecule has 1 unspecified atom stereocenters. The van der Waals surface area contributed by atoms with E-state index in [0.717, 1.165) is 0 Å². The van der Waals surface area contributed by atoms with E-state index >= 15 is 4.39 Å². The van der Waals surface area contributed by atoms with Crippen molar-refractivity contribution < 1.29 is 76.5 Å². The lowest BCUT2D eigenvalue weighted by Crippen LogP contribution is -2.49. The maximum absolute atomic E-state index is 15.1. The van der Waals surface area contributed by atoms with Gasteiger partial charge in [-0.15, -0.1) is 0 Å². The summed E-state index contributed by atoms with van der Waals surface area (Å²) >= 11 is 0. The van der Waals surface area contributed by atoms with Gasteiger partial charge in [0, 0.05) is 24.5 Å². The number of carbonyl (C=O) groups is 2. The quantitative estimate of drug-likeness (QED) is 0.142. The Balaban J connectivity index is 2.04. The number of halogens is 13. The number of hydrogen-bond acceptors (Lipinski definition) is 3. The number of aryl methyl sites for hydroxylation is 1. The largest absolute Gasteiger partial charge is 0.481 e. The van der Waals surface area contributed by atoms with Crippen LogP contribution in [-0.2, 0) is 35.5 Å². The number of hydrogen-bond donors (Lipinski definition) is 2. The average Bonchev–Trinajstić information content (AvgIpc) is 3.02. The second-order valence-corrected chi connectivity index (χ2v) is 11.3. The van der Waals surface area contributed by atoms with Gasteiger partial charge in [0.15, 0.2) is 0 Å². The summed E-state index contributed by atoms with van der Waals surface area (Å²) in [6.45, 7) is 0. The number of carboxylic acid groups (broad SMARTS) is 1. The molecule has 18 heteroatoms. The fraction of sp³-hybridized carbons (Fsp3) is 0.235. The fourth-order valence-electron chi connectivity index (χ4n) is 5.17. The Morgan fingerprint density at radius 1 is 0.692 bits per heavy atom. The van der Waals surface area contributed by atoms with Crippen LogP contribution in [0.4, 0.5) is 57.1 Å². The first-order chi connectivity index (χ1) is 24.0. The van der Waals surface area contributed by atoms with Gasteiger partial charge in [0.1, 0.15) is 23.2 Å². The summed E-state index contributed by atoms with van der Waals surface area (Å²) < 4.78 is 184. The van der Waals surface area contributed by atoms with Crippen molar-refractivity contribution in [3.63, 3.8) is 0 Å². The van der Waals surface area contributed by atoms with Gasteiger partial charge in [-0.1, -0.05) is 30.3 Å². The summed E-state index contributed by atoms with van der Waals surface area (Å²) in [4.78, 5) is 24.7. The third kappa shape index (κ3) is 9.13. The van der Waals surface area contributed by atoms with Crippen molar-refractivity contribution in [2.45, 2.75) is 49.7 Å². The number of benzene rings is 4. The van der Waals surface area contributed by atoms with Crippen molar-refractivity contribution in [1.82, 2.24) is 5.32 Å². The summed E-state index contributed by atoms with van der Waals surface area (Å²) in [5.41, 5.74) is -8.77. The molecule has 1 atom stereocenters. The molecule has 0 radical (unpaired) electrons. The topological polar surface area (TPSA) is 75.6 Å². The summed E-state index contributed by atoms with van der Waals surface area (Å²) in [6.07, 6.45) is -21.7. The number of carbonyl (C=O) groups excluding carboxylic acids is 1. The fourth-order valence-corrected chi connectivity index (χ4v) is 5.17. The van der Waals surface area contributed by atoms with Crippen molar-refractivity contribution in [3.05, 3.63) is 135 Å². The zero-order chi connectivity index (χ0) is 38.8. The Labute approximate surface area is 284 Å². The molecule has 4 aromatic rings. The number of alkyl halides is 10. The predicted molar refractivity (Wildman–Crippen MR) is 155 cm³/mol. The Morgan fingerprint density at radius 3 is 1.81 bits per heavy atom. The lowest BCUT2D eigenvalue weighted by Gasteiger charge is -2.37. The predicted octanol–water partition coefficient (Wildman–Crippen LogP) is 9.31. The molecule has 0 aliphatic rings. The standard InChI is InChI=1S/C34H22F13NO4/c35-22-12-21(13-23(15-22)52-34(46,47)30(38)39)31(20-7-9-27(37)25(14-20)33(43,44)45,16-18-3-1-17(2-4-18)5-10-28(49)50)48-29(51)19-6-8-26(36)24(11-19)32(40,41)42/h1-4,6-9,11-15,30H,5,10,16H2,(H,48,51)(H,49,50). The average molecular weight is 756 g/mol. The Kier molecular flexibility index (Phi) is 11.2. The van der Waals surface area contributed by atoms with Gasteiger partial charge in [0.05, 0.1) is 16.7 Å². The summed E-state index contributed by atoms with van der Waals surface area (Å²) in [5, 5.41) is 11.1. The number of rotatable bonds is 12. The molecule has 0 saturated carbocycles. The van der Waals surface area contributed by atoms with Crippen LogP contribution in [0.2, 0.25) is 0 Å². The molecule has 0 bridgehead atoms. The number of amides is 1. The molecule has 0 fully saturated rings. The van der Waals surface area contributed by atoms with E-state index in [1.165, 1.54) is 24.3 Å². The minimum absolute atomic E-state index is 0.0111. The van der Waals surface area contributed by atoms with E-state index in [4.69, 9.17) is 5.11 Å². The molecule has 4 aromatic carbocycles.